The first-order chi connectivity index (χ1) is 14.1. The molecule has 3 fully saturated rings. The van der Waals surface area contributed by atoms with Gasteiger partial charge < -0.3 is 20.0 Å². The zero-order valence-electron chi connectivity index (χ0n) is 16.8. The van der Waals surface area contributed by atoms with Crippen molar-refractivity contribution in [3.05, 3.63) is 28.9 Å². The van der Waals surface area contributed by atoms with E-state index in [4.69, 9.17) is 0 Å². The van der Waals surface area contributed by atoms with Crippen molar-refractivity contribution in [1.29, 1.82) is 0 Å². The first kappa shape index (κ1) is 19.0. The van der Waals surface area contributed by atoms with E-state index in [0.29, 0.717) is 17.2 Å². The molecule has 0 saturated carbocycles. The number of aromatic nitrogens is 1. The number of pyridine rings is 1. The Hall–Kier alpha value is -2.03. The fourth-order valence-corrected chi connectivity index (χ4v) is 5.71. The van der Waals surface area contributed by atoms with Crippen molar-refractivity contribution in [3.8, 4) is 0 Å². The van der Waals surface area contributed by atoms with Gasteiger partial charge in [0.25, 0.3) is 11.8 Å². The fraction of sp³-hybridized carbons (Fsp3) is 0.571. The van der Waals surface area contributed by atoms with Gasteiger partial charge >= 0.3 is 0 Å². The Morgan fingerprint density at radius 1 is 1.17 bits per heavy atom. The van der Waals surface area contributed by atoms with E-state index in [-0.39, 0.29) is 17.9 Å². The first-order valence-corrected chi connectivity index (χ1v) is 11.3. The summed E-state index contributed by atoms with van der Waals surface area (Å²) in [5, 5.41) is 5.91. The molecule has 154 valence electrons. The Morgan fingerprint density at radius 2 is 2.00 bits per heavy atom. The summed E-state index contributed by atoms with van der Waals surface area (Å²) >= 11 is 1.51. The van der Waals surface area contributed by atoms with Gasteiger partial charge in [-0.1, -0.05) is 0 Å². The summed E-state index contributed by atoms with van der Waals surface area (Å²) in [7, 11) is 2.08. The number of amides is 2. The molecule has 3 atom stereocenters. The number of piperidine rings is 1. The highest BCUT2D eigenvalue weighted by molar-refractivity contribution is 7.17. The molecule has 5 rings (SSSR count). The normalized spacial score (nSPS) is 27.3. The predicted octanol–water partition coefficient (Wildman–Crippen LogP) is 1.51. The van der Waals surface area contributed by atoms with E-state index in [9.17, 15) is 9.59 Å². The van der Waals surface area contributed by atoms with Crippen molar-refractivity contribution >= 4 is 33.2 Å². The minimum absolute atomic E-state index is 0.0542. The summed E-state index contributed by atoms with van der Waals surface area (Å²) in [6.45, 7) is 6.51. The summed E-state index contributed by atoms with van der Waals surface area (Å²) in [6.07, 6.45) is 4.02. The summed E-state index contributed by atoms with van der Waals surface area (Å²) < 4.78 is 0.945. The first-order valence-electron chi connectivity index (χ1n) is 10.4. The van der Waals surface area contributed by atoms with Gasteiger partial charge in [0, 0.05) is 62.3 Å². The van der Waals surface area contributed by atoms with Crippen LogP contribution in [0, 0.1) is 5.92 Å². The highest BCUT2D eigenvalue weighted by Crippen LogP contribution is 2.29. The molecule has 0 aromatic carbocycles. The Bertz CT molecular complexity index is 924. The van der Waals surface area contributed by atoms with E-state index in [1.165, 1.54) is 24.3 Å². The van der Waals surface area contributed by atoms with E-state index in [1.807, 2.05) is 10.3 Å². The van der Waals surface area contributed by atoms with Crippen molar-refractivity contribution in [2.24, 2.45) is 5.92 Å². The SMILES string of the molecule is CN1CCN(C(=O)c2csc3cnc(C(=O)N[C@@H]4C[C@H]5CCN(C5)C4)cc23)CC1. The lowest BCUT2D eigenvalue weighted by Gasteiger charge is -2.32. The third-order valence-electron chi connectivity index (χ3n) is 6.52. The molecule has 2 amide bonds. The van der Waals surface area contributed by atoms with Crippen LogP contribution in [0.25, 0.3) is 10.1 Å². The average molecular weight is 414 g/mol. The maximum absolute atomic E-state index is 13.0. The minimum Gasteiger partial charge on any atom is -0.347 e. The van der Waals surface area contributed by atoms with Crippen LogP contribution in [-0.4, -0.2) is 90.4 Å². The van der Waals surface area contributed by atoms with Crippen molar-refractivity contribution in [2.45, 2.75) is 18.9 Å². The maximum atomic E-state index is 13.0. The molecule has 7 nitrogen and oxygen atoms in total. The molecular weight excluding hydrogens is 386 g/mol. The number of nitrogens with one attached hydrogen (secondary N) is 1. The average Bonchev–Trinajstić information content (AvgIpc) is 3.30. The van der Waals surface area contributed by atoms with Crippen molar-refractivity contribution in [2.75, 3.05) is 52.9 Å². The van der Waals surface area contributed by atoms with Crippen LogP contribution in [0.4, 0.5) is 0 Å². The monoisotopic (exact) mass is 413 g/mol. The van der Waals surface area contributed by atoms with Gasteiger partial charge in [0.2, 0.25) is 0 Å². The molecule has 2 bridgehead atoms. The van der Waals surface area contributed by atoms with Gasteiger partial charge in [-0.3, -0.25) is 9.59 Å². The van der Waals surface area contributed by atoms with Crippen LogP contribution >= 0.6 is 11.3 Å². The lowest BCUT2D eigenvalue weighted by Crippen LogP contribution is -2.47. The number of hydrogen-bond donors (Lipinski definition) is 1. The summed E-state index contributed by atoms with van der Waals surface area (Å²) in [5.74, 6) is 0.622. The van der Waals surface area contributed by atoms with Crippen LogP contribution in [0.15, 0.2) is 17.6 Å². The quantitative estimate of drug-likeness (QED) is 0.826. The second-order valence-electron chi connectivity index (χ2n) is 8.63. The van der Waals surface area contributed by atoms with Gasteiger partial charge in [0.05, 0.1) is 10.3 Å². The van der Waals surface area contributed by atoms with Crippen molar-refractivity contribution in [1.82, 2.24) is 25.0 Å². The molecule has 29 heavy (non-hydrogen) atoms. The van der Waals surface area contributed by atoms with Crippen LogP contribution in [0.5, 0.6) is 0 Å². The third kappa shape index (κ3) is 3.76. The number of nitrogens with zero attached hydrogens (tertiary/aromatic N) is 4. The minimum atomic E-state index is -0.136. The zero-order chi connectivity index (χ0) is 20.0. The molecule has 3 saturated heterocycles. The Balaban J connectivity index is 1.33. The summed E-state index contributed by atoms with van der Waals surface area (Å²) in [5.41, 5.74) is 1.09. The number of rotatable bonds is 3. The molecular formula is C21H27N5O2S. The predicted molar refractivity (Wildman–Crippen MR) is 113 cm³/mol. The van der Waals surface area contributed by atoms with Gasteiger partial charge in [0.1, 0.15) is 5.69 Å². The number of piperazine rings is 1. The Kier molecular flexibility index (Phi) is 5.01. The van der Waals surface area contributed by atoms with Crippen LogP contribution < -0.4 is 5.32 Å². The highest BCUT2D eigenvalue weighted by atomic mass is 32.1. The van der Waals surface area contributed by atoms with Gasteiger partial charge in [-0.25, -0.2) is 4.98 Å². The number of fused-ring (bicyclic) bond motifs is 3. The van der Waals surface area contributed by atoms with E-state index >= 15 is 0 Å². The third-order valence-corrected chi connectivity index (χ3v) is 7.45. The van der Waals surface area contributed by atoms with Crippen LogP contribution in [0.1, 0.15) is 33.7 Å². The highest BCUT2D eigenvalue weighted by Gasteiger charge is 2.33. The molecule has 2 aromatic heterocycles. The van der Waals surface area contributed by atoms with E-state index in [1.54, 1.807) is 12.3 Å². The summed E-state index contributed by atoms with van der Waals surface area (Å²) in [6, 6.07) is 1.98. The standard InChI is InChI=1S/C21H27N5O2S/c1-24-4-6-26(7-5-24)21(28)17-13-29-19-10-22-18(9-16(17)19)20(27)23-15-8-14-2-3-25(11-14)12-15/h9-10,13-15H,2-8,11-12H2,1H3,(H,23,27)/t14-,15-/m1/s1. The molecule has 1 N–H and O–H groups in total. The molecule has 0 radical (unpaired) electrons. The van der Waals surface area contributed by atoms with E-state index in [0.717, 1.165) is 55.8 Å². The zero-order valence-corrected chi connectivity index (χ0v) is 17.6. The Morgan fingerprint density at radius 3 is 2.79 bits per heavy atom. The lowest BCUT2D eigenvalue weighted by molar-refractivity contribution is 0.0666. The van der Waals surface area contributed by atoms with Crippen LogP contribution in [-0.2, 0) is 0 Å². The second-order valence-corrected chi connectivity index (χ2v) is 9.54. The van der Waals surface area contributed by atoms with Gasteiger partial charge in [0.15, 0.2) is 0 Å². The molecule has 5 heterocycles. The van der Waals surface area contributed by atoms with E-state index in [2.05, 4.69) is 27.1 Å². The number of carbonyl (C=O) groups is 2. The number of likely N-dealkylation sites (N-methyl/N-ethyl adjacent to an activating group) is 1. The summed E-state index contributed by atoms with van der Waals surface area (Å²) in [4.78, 5) is 36.8. The van der Waals surface area contributed by atoms with Gasteiger partial charge in [-0.2, -0.15) is 0 Å². The number of thiophene rings is 1. The second kappa shape index (κ2) is 7.66. The van der Waals surface area contributed by atoms with Crippen molar-refractivity contribution in [3.63, 3.8) is 0 Å². The Labute approximate surface area is 174 Å². The largest absolute Gasteiger partial charge is 0.347 e. The molecule has 3 aliphatic heterocycles. The molecule has 1 unspecified atom stereocenters. The molecule has 2 aromatic rings. The van der Waals surface area contributed by atoms with Gasteiger partial charge in [-0.15, -0.1) is 11.3 Å². The number of carbonyl (C=O) groups excluding carboxylic acids is 2. The van der Waals surface area contributed by atoms with Gasteiger partial charge in [-0.05, 0) is 38.4 Å². The lowest BCUT2D eigenvalue weighted by atomic mass is 9.97. The van der Waals surface area contributed by atoms with Crippen LogP contribution in [0.2, 0.25) is 0 Å². The number of hydrogen-bond acceptors (Lipinski definition) is 6. The van der Waals surface area contributed by atoms with Crippen LogP contribution in [0.3, 0.4) is 0 Å². The maximum Gasteiger partial charge on any atom is 0.270 e. The molecule has 3 aliphatic rings. The van der Waals surface area contributed by atoms with E-state index < -0.39 is 0 Å². The topological polar surface area (TPSA) is 68.8 Å². The van der Waals surface area contributed by atoms with Crippen molar-refractivity contribution < 1.29 is 9.59 Å². The molecule has 0 aliphatic carbocycles. The smallest absolute Gasteiger partial charge is 0.270 e. The molecule has 8 heteroatoms. The fourth-order valence-electron chi connectivity index (χ4n) is 4.83. The molecule has 0 spiro atoms.